The van der Waals surface area contributed by atoms with E-state index in [1.165, 1.54) is 11.1 Å². The third-order valence-corrected chi connectivity index (χ3v) is 4.53. The predicted octanol–water partition coefficient (Wildman–Crippen LogP) is 4.58. The number of amides is 1. The van der Waals surface area contributed by atoms with Gasteiger partial charge in [-0.05, 0) is 47.9 Å². The van der Waals surface area contributed by atoms with Crippen molar-refractivity contribution in [2.24, 2.45) is 5.73 Å². The molecule has 3 aromatic carbocycles. The predicted molar refractivity (Wildman–Crippen MR) is 115 cm³/mol. The van der Waals surface area contributed by atoms with Crippen molar-refractivity contribution in [1.29, 1.82) is 0 Å². The second kappa shape index (κ2) is 8.35. The van der Waals surface area contributed by atoms with Gasteiger partial charge in [0.1, 0.15) is 0 Å². The van der Waals surface area contributed by atoms with Gasteiger partial charge in [0, 0.05) is 23.0 Å². The summed E-state index contributed by atoms with van der Waals surface area (Å²) in [6, 6.07) is 27.5. The number of aromatic nitrogens is 2. The molecule has 0 fully saturated rings. The Morgan fingerprint density at radius 1 is 0.862 bits per heavy atom. The first-order valence-electron chi connectivity index (χ1n) is 9.30. The van der Waals surface area contributed by atoms with Gasteiger partial charge < -0.3 is 11.1 Å². The molecule has 29 heavy (non-hydrogen) atoms. The highest BCUT2D eigenvalue weighted by Gasteiger charge is 2.06. The van der Waals surface area contributed by atoms with Gasteiger partial charge in [-0.25, -0.2) is 9.97 Å². The summed E-state index contributed by atoms with van der Waals surface area (Å²) < 4.78 is 0. The minimum atomic E-state index is -0.474. The molecule has 4 rings (SSSR count). The fraction of sp³-hybridized carbons (Fsp3) is 0.0417. The first-order valence-corrected chi connectivity index (χ1v) is 9.30. The summed E-state index contributed by atoms with van der Waals surface area (Å²) >= 11 is 0. The van der Waals surface area contributed by atoms with Gasteiger partial charge in [-0.3, -0.25) is 4.79 Å². The summed E-state index contributed by atoms with van der Waals surface area (Å²) in [4.78, 5) is 20.3. The van der Waals surface area contributed by atoms with Crippen molar-refractivity contribution in [3.63, 3.8) is 0 Å². The van der Waals surface area contributed by atoms with Gasteiger partial charge in [0.15, 0.2) is 0 Å². The van der Waals surface area contributed by atoms with Crippen molar-refractivity contribution in [2.75, 3.05) is 5.32 Å². The Morgan fingerprint density at radius 2 is 1.66 bits per heavy atom. The van der Waals surface area contributed by atoms with Crippen LogP contribution in [-0.4, -0.2) is 15.9 Å². The van der Waals surface area contributed by atoms with E-state index < -0.39 is 5.91 Å². The smallest absolute Gasteiger partial charge is 0.248 e. The van der Waals surface area contributed by atoms with Crippen molar-refractivity contribution >= 4 is 17.5 Å². The Bertz CT molecular complexity index is 1140. The third-order valence-electron chi connectivity index (χ3n) is 4.53. The first kappa shape index (κ1) is 18.4. The maximum atomic E-state index is 11.4. The summed E-state index contributed by atoms with van der Waals surface area (Å²) in [6.45, 7) is 0. The van der Waals surface area contributed by atoms with E-state index >= 15 is 0 Å². The van der Waals surface area contributed by atoms with Gasteiger partial charge in [-0.2, -0.15) is 0 Å². The number of benzene rings is 3. The monoisotopic (exact) mass is 380 g/mol. The van der Waals surface area contributed by atoms with E-state index in [2.05, 4.69) is 51.7 Å². The van der Waals surface area contributed by atoms with Crippen LogP contribution in [-0.2, 0) is 6.42 Å². The topological polar surface area (TPSA) is 80.9 Å². The summed E-state index contributed by atoms with van der Waals surface area (Å²) in [5, 5.41) is 3.13. The van der Waals surface area contributed by atoms with Crippen LogP contribution in [0.5, 0.6) is 0 Å². The van der Waals surface area contributed by atoms with Crippen LogP contribution in [0.4, 0.5) is 11.6 Å². The number of hydrogen-bond donors (Lipinski definition) is 2. The van der Waals surface area contributed by atoms with E-state index in [0.29, 0.717) is 17.2 Å². The maximum Gasteiger partial charge on any atom is 0.248 e. The number of carbonyl (C=O) groups excluding carboxylic acids is 1. The standard InChI is InChI=1S/C24H20N4O/c25-23(29)20-10-5-11-21(16-20)27-24-26-13-12-22(28-24)19-9-4-8-18(15-19)14-17-6-2-1-3-7-17/h1-13,15-16H,14H2,(H2,25,29)(H,26,27,28). The number of nitrogens with one attached hydrogen (secondary N) is 1. The fourth-order valence-corrected chi connectivity index (χ4v) is 3.13. The number of carbonyl (C=O) groups is 1. The molecule has 1 heterocycles. The average Bonchev–Trinajstić information content (AvgIpc) is 2.75. The Hall–Kier alpha value is -3.99. The Kier molecular flexibility index (Phi) is 5.29. The normalized spacial score (nSPS) is 10.5. The Labute approximate surface area is 169 Å². The van der Waals surface area contributed by atoms with Crippen LogP contribution in [0.1, 0.15) is 21.5 Å². The first-order chi connectivity index (χ1) is 14.2. The molecular weight excluding hydrogens is 360 g/mol. The van der Waals surface area contributed by atoms with Crippen molar-refractivity contribution < 1.29 is 4.79 Å². The molecule has 0 aliphatic carbocycles. The molecule has 142 valence electrons. The lowest BCUT2D eigenvalue weighted by molar-refractivity contribution is 0.100. The molecule has 0 bridgehead atoms. The van der Waals surface area contributed by atoms with Gasteiger partial charge in [0.25, 0.3) is 0 Å². The molecule has 5 nitrogen and oxygen atoms in total. The summed E-state index contributed by atoms with van der Waals surface area (Å²) in [7, 11) is 0. The van der Waals surface area contributed by atoms with Crippen LogP contribution in [0.3, 0.4) is 0 Å². The molecule has 3 N–H and O–H groups in total. The number of primary amides is 1. The van der Waals surface area contributed by atoms with Crippen molar-refractivity contribution in [3.05, 3.63) is 108 Å². The largest absolute Gasteiger partial charge is 0.366 e. The number of anilines is 2. The van der Waals surface area contributed by atoms with Gasteiger partial charge in [-0.15, -0.1) is 0 Å². The summed E-state index contributed by atoms with van der Waals surface area (Å²) in [6.07, 6.45) is 2.58. The van der Waals surface area contributed by atoms with Gasteiger partial charge in [0.05, 0.1) is 5.69 Å². The maximum absolute atomic E-state index is 11.4. The van der Waals surface area contributed by atoms with Crippen molar-refractivity contribution in [2.45, 2.75) is 6.42 Å². The lowest BCUT2D eigenvalue weighted by atomic mass is 10.0. The van der Waals surface area contributed by atoms with Gasteiger partial charge in [-0.1, -0.05) is 54.6 Å². The van der Waals surface area contributed by atoms with Crippen molar-refractivity contribution in [3.8, 4) is 11.3 Å². The van der Waals surface area contributed by atoms with Crippen molar-refractivity contribution in [1.82, 2.24) is 9.97 Å². The fourth-order valence-electron chi connectivity index (χ4n) is 3.13. The summed E-state index contributed by atoms with van der Waals surface area (Å²) in [5.41, 5.74) is 10.8. The highest BCUT2D eigenvalue weighted by molar-refractivity contribution is 5.93. The Balaban J connectivity index is 1.56. The number of nitrogens with two attached hydrogens (primary N) is 1. The molecule has 0 unspecified atom stereocenters. The van der Waals surface area contributed by atoms with E-state index in [-0.39, 0.29) is 0 Å². The average molecular weight is 380 g/mol. The van der Waals surface area contributed by atoms with Crippen LogP contribution in [0.15, 0.2) is 91.1 Å². The minimum Gasteiger partial charge on any atom is -0.366 e. The van der Waals surface area contributed by atoms with Crippen LogP contribution in [0.25, 0.3) is 11.3 Å². The van der Waals surface area contributed by atoms with Crippen LogP contribution in [0, 0.1) is 0 Å². The molecule has 0 aliphatic heterocycles. The highest BCUT2D eigenvalue weighted by Crippen LogP contribution is 2.22. The molecule has 5 heteroatoms. The SMILES string of the molecule is NC(=O)c1cccc(Nc2nccc(-c3cccc(Cc4ccccc4)c3)n2)c1. The molecule has 0 atom stereocenters. The minimum absolute atomic E-state index is 0.430. The number of nitrogens with zero attached hydrogens (tertiary/aromatic N) is 2. The van der Waals surface area contributed by atoms with E-state index in [9.17, 15) is 4.79 Å². The molecule has 0 spiro atoms. The number of hydrogen-bond acceptors (Lipinski definition) is 4. The van der Waals surface area contributed by atoms with E-state index in [4.69, 9.17) is 5.73 Å². The molecule has 1 aromatic heterocycles. The summed E-state index contributed by atoms with van der Waals surface area (Å²) in [5.74, 6) is -0.0175. The van der Waals surface area contributed by atoms with E-state index in [1.807, 2.05) is 30.3 Å². The molecule has 0 saturated heterocycles. The van der Waals surface area contributed by atoms with Crippen LogP contribution in [0.2, 0.25) is 0 Å². The second-order valence-electron chi connectivity index (χ2n) is 6.70. The molecule has 4 aromatic rings. The molecule has 0 aliphatic rings. The second-order valence-corrected chi connectivity index (χ2v) is 6.70. The lowest BCUT2D eigenvalue weighted by Crippen LogP contribution is -2.11. The Morgan fingerprint density at radius 3 is 2.48 bits per heavy atom. The zero-order valence-corrected chi connectivity index (χ0v) is 15.7. The van der Waals surface area contributed by atoms with E-state index in [1.54, 1.807) is 24.4 Å². The molecule has 0 saturated carbocycles. The zero-order chi connectivity index (χ0) is 20.1. The zero-order valence-electron chi connectivity index (χ0n) is 15.7. The van der Waals surface area contributed by atoms with E-state index in [0.717, 1.165) is 17.7 Å². The highest BCUT2D eigenvalue weighted by atomic mass is 16.1. The van der Waals surface area contributed by atoms with Gasteiger partial charge >= 0.3 is 0 Å². The van der Waals surface area contributed by atoms with Crippen LogP contribution >= 0.6 is 0 Å². The molecular formula is C24H20N4O. The van der Waals surface area contributed by atoms with Crippen LogP contribution < -0.4 is 11.1 Å². The number of rotatable bonds is 6. The molecule has 0 radical (unpaired) electrons. The van der Waals surface area contributed by atoms with Gasteiger partial charge in [0.2, 0.25) is 11.9 Å². The molecule has 1 amide bonds. The third kappa shape index (κ3) is 4.65. The quantitative estimate of drug-likeness (QED) is 0.513. The lowest BCUT2D eigenvalue weighted by Gasteiger charge is -2.09.